The van der Waals surface area contributed by atoms with Crippen LogP contribution in [-0.4, -0.2) is 89.7 Å². The maximum Gasteiger partial charge on any atom is 0.171 e. The van der Waals surface area contributed by atoms with Crippen LogP contribution in [-0.2, 0) is 22.5 Å². The van der Waals surface area contributed by atoms with Gasteiger partial charge in [0.2, 0.25) is 0 Å². The summed E-state index contributed by atoms with van der Waals surface area (Å²) in [6.07, 6.45) is 3.85. The lowest BCUT2D eigenvalue weighted by Gasteiger charge is -2.47. The van der Waals surface area contributed by atoms with Crippen molar-refractivity contribution in [1.29, 1.82) is 5.26 Å². The standard InChI is InChI=1S/C28H35FN8O2/c1-19-13-35(26-4-3-21(10-30)37-27(26)24(29)12-33-37)15-23(39-19)14-34-6-5-25-20(16-38-8-7-34)9-22(11-32-25)36-17-28(2,31)18-36/h3-4,9,11-12,19,23H,5-8,13-18,31H2,1-2H3/t19-,23+/m1/s1. The molecule has 0 bridgehead atoms. The van der Waals surface area contributed by atoms with Gasteiger partial charge >= 0.3 is 0 Å². The minimum atomic E-state index is -0.435. The average Bonchev–Trinajstić information content (AvgIpc) is 3.32. The molecule has 0 aliphatic carbocycles. The number of hydrogen-bond acceptors (Lipinski definition) is 9. The van der Waals surface area contributed by atoms with Crippen molar-refractivity contribution in [2.45, 2.75) is 44.6 Å². The number of fused-ring (bicyclic) bond motifs is 2. The van der Waals surface area contributed by atoms with E-state index in [-0.39, 0.29) is 17.7 Å². The lowest BCUT2D eigenvalue weighted by atomic mass is 9.93. The SMILES string of the molecule is C[C@@H]1CN(c2ccc(C#N)n3ncc(F)c23)C[C@H](CN2CCOCc3cc(N4CC(C)(N)C4)cnc3CC2)O1. The quantitative estimate of drug-likeness (QED) is 0.537. The molecule has 206 valence electrons. The van der Waals surface area contributed by atoms with E-state index in [2.05, 4.69) is 38.9 Å². The first-order valence-electron chi connectivity index (χ1n) is 13.6. The van der Waals surface area contributed by atoms with Crippen molar-refractivity contribution < 1.29 is 13.9 Å². The number of ether oxygens (including phenoxy) is 2. The topological polar surface area (TPSA) is 108 Å². The lowest BCUT2D eigenvalue weighted by Crippen LogP contribution is -2.65. The smallest absolute Gasteiger partial charge is 0.171 e. The van der Waals surface area contributed by atoms with Crippen LogP contribution in [0.5, 0.6) is 0 Å². The van der Waals surface area contributed by atoms with E-state index in [9.17, 15) is 9.65 Å². The first-order valence-corrected chi connectivity index (χ1v) is 13.6. The van der Waals surface area contributed by atoms with Crippen LogP contribution in [0.15, 0.2) is 30.6 Å². The maximum absolute atomic E-state index is 14.7. The van der Waals surface area contributed by atoms with Crippen molar-refractivity contribution in [3.63, 3.8) is 0 Å². The van der Waals surface area contributed by atoms with E-state index >= 15 is 0 Å². The molecule has 2 atom stereocenters. The molecule has 39 heavy (non-hydrogen) atoms. The van der Waals surface area contributed by atoms with E-state index in [4.69, 9.17) is 20.2 Å². The van der Waals surface area contributed by atoms with Crippen molar-refractivity contribution in [2.75, 3.05) is 62.2 Å². The Kier molecular flexibility index (Phi) is 6.89. The highest BCUT2D eigenvalue weighted by molar-refractivity contribution is 5.74. The Morgan fingerprint density at radius 2 is 2.05 bits per heavy atom. The van der Waals surface area contributed by atoms with Crippen molar-refractivity contribution in [3.05, 3.63) is 53.4 Å². The Balaban J connectivity index is 1.14. The average molecular weight is 535 g/mol. The number of rotatable bonds is 4. The Morgan fingerprint density at radius 1 is 1.21 bits per heavy atom. The number of anilines is 2. The third kappa shape index (κ3) is 5.30. The van der Waals surface area contributed by atoms with Crippen LogP contribution >= 0.6 is 0 Å². The molecule has 2 saturated heterocycles. The summed E-state index contributed by atoms with van der Waals surface area (Å²) in [6, 6.07) is 7.79. The second-order valence-electron chi connectivity index (χ2n) is 11.4. The number of hydrogen-bond donors (Lipinski definition) is 1. The molecule has 10 nitrogen and oxygen atoms in total. The maximum atomic E-state index is 14.7. The van der Waals surface area contributed by atoms with Crippen LogP contribution in [0.2, 0.25) is 0 Å². The number of aromatic nitrogens is 3. The highest BCUT2D eigenvalue weighted by atomic mass is 19.1. The molecule has 0 unspecified atom stereocenters. The van der Waals surface area contributed by atoms with Gasteiger partial charge in [-0.15, -0.1) is 0 Å². The fourth-order valence-corrected chi connectivity index (χ4v) is 6.01. The number of nitrogens with zero attached hydrogens (tertiary/aromatic N) is 7. The van der Waals surface area contributed by atoms with E-state index in [1.165, 1.54) is 4.52 Å². The largest absolute Gasteiger partial charge is 0.375 e. The molecule has 3 aliphatic rings. The first-order chi connectivity index (χ1) is 18.8. The van der Waals surface area contributed by atoms with E-state index in [0.717, 1.165) is 68.0 Å². The summed E-state index contributed by atoms with van der Waals surface area (Å²) in [7, 11) is 0. The minimum absolute atomic E-state index is 0.0306. The van der Waals surface area contributed by atoms with Gasteiger partial charge in [0.05, 0.1) is 49.2 Å². The number of morpholine rings is 1. The second kappa shape index (κ2) is 10.4. The molecule has 3 aromatic rings. The van der Waals surface area contributed by atoms with Crippen LogP contribution in [0, 0.1) is 17.1 Å². The summed E-state index contributed by atoms with van der Waals surface area (Å²) in [5, 5.41) is 13.5. The van der Waals surface area contributed by atoms with Gasteiger partial charge in [0.1, 0.15) is 17.3 Å². The van der Waals surface area contributed by atoms with Gasteiger partial charge in [-0.1, -0.05) is 0 Å². The number of nitrogens with two attached hydrogens (primary N) is 1. The molecule has 0 radical (unpaired) electrons. The molecule has 0 amide bonds. The van der Waals surface area contributed by atoms with Crippen LogP contribution in [0.4, 0.5) is 15.8 Å². The fourth-order valence-electron chi connectivity index (χ4n) is 6.01. The molecule has 11 heteroatoms. The van der Waals surface area contributed by atoms with Gasteiger partial charge in [-0.25, -0.2) is 8.91 Å². The molecule has 0 spiro atoms. The van der Waals surface area contributed by atoms with E-state index in [1.807, 2.05) is 19.2 Å². The second-order valence-corrected chi connectivity index (χ2v) is 11.4. The van der Waals surface area contributed by atoms with Crippen molar-refractivity contribution in [1.82, 2.24) is 19.5 Å². The zero-order chi connectivity index (χ0) is 27.1. The van der Waals surface area contributed by atoms with Crippen LogP contribution < -0.4 is 15.5 Å². The summed E-state index contributed by atoms with van der Waals surface area (Å²) in [5.74, 6) is -0.435. The highest BCUT2D eigenvalue weighted by Gasteiger charge is 2.35. The summed E-state index contributed by atoms with van der Waals surface area (Å²) < 4.78 is 28.5. The zero-order valence-corrected chi connectivity index (χ0v) is 22.5. The Morgan fingerprint density at radius 3 is 2.85 bits per heavy atom. The van der Waals surface area contributed by atoms with Gasteiger partial charge in [0.25, 0.3) is 0 Å². The molecular weight excluding hydrogens is 499 g/mol. The summed E-state index contributed by atoms with van der Waals surface area (Å²) in [4.78, 5) is 11.6. The third-order valence-corrected chi connectivity index (χ3v) is 7.83. The van der Waals surface area contributed by atoms with Gasteiger partial charge in [-0.2, -0.15) is 10.4 Å². The molecule has 0 saturated carbocycles. The summed E-state index contributed by atoms with van der Waals surface area (Å²) in [5.41, 5.74) is 10.7. The Labute approximate surface area is 227 Å². The molecular formula is C28H35FN8O2. The van der Waals surface area contributed by atoms with Crippen molar-refractivity contribution in [3.8, 4) is 6.07 Å². The van der Waals surface area contributed by atoms with Crippen molar-refractivity contribution in [2.24, 2.45) is 5.73 Å². The van der Waals surface area contributed by atoms with Crippen molar-refractivity contribution >= 4 is 16.9 Å². The third-order valence-electron chi connectivity index (χ3n) is 7.83. The summed E-state index contributed by atoms with van der Waals surface area (Å²) in [6.45, 7) is 10.6. The van der Waals surface area contributed by atoms with Crippen LogP contribution in [0.1, 0.15) is 30.8 Å². The molecule has 2 N–H and O–H groups in total. The predicted octanol–water partition coefficient (Wildman–Crippen LogP) is 1.95. The molecule has 6 heterocycles. The molecule has 3 aromatic heterocycles. The number of halogens is 1. The highest BCUT2D eigenvalue weighted by Crippen LogP contribution is 2.30. The molecule has 3 aliphatic heterocycles. The Bertz CT molecular complexity index is 1390. The summed E-state index contributed by atoms with van der Waals surface area (Å²) >= 11 is 0. The van der Waals surface area contributed by atoms with E-state index < -0.39 is 5.82 Å². The monoisotopic (exact) mass is 534 g/mol. The molecule has 6 rings (SSSR count). The minimum Gasteiger partial charge on any atom is -0.375 e. The van der Waals surface area contributed by atoms with E-state index in [1.54, 1.807) is 6.07 Å². The zero-order valence-electron chi connectivity index (χ0n) is 22.5. The predicted molar refractivity (Wildman–Crippen MR) is 145 cm³/mol. The molecule has 0 aromatic carbocycles. The fraction of sp³-hybridized carbons (Fsp3) is 0.536. The normalized spacial score (nSPS) is 23.9. The number of pyridine rings is 2. The van der Waals surface area contributed by atoms with Gasteiger partial charge in [-0.05, 0) is 32.0 Å². The van der Waals surface area contributed by atoms with Crippen LogP contribution in [0.3, 0.4) is 0 Å². The van der Waals surface area contributed by atoms with Gasteiger partial charge in [0, 0.05) is 69.0 Å². The Hall–Kier alpha value is -3.30. The van der Waals surface area contributed by atoms with Crippen LogP contribution in [0.25, 0.3) is 5.52 Å². The number of nitriles is 1. The van der Waals surface area contributed by atoms with Gasteiger partial charge in [-0.3, -0.25) is 9.88 Å². The van der Waals surface area contributed by atoms with E-state index in [0.29, 0.717) is 37.5 Å². The van der Waals surface area contributed by atoms with Gasteiger partial charge < -0.3 is 25.0 Å². The molecule has 2 fully saturated rings. The van der Waals surface area contributed by atoms with Gasteiger partial charge in [0.15, 0.2) is 5.82 Å². The first kappa shape index (κ1) is 26.0. The lowest BCUT2D eigenvalue weighted by molar-refractivity contribution is -0.0351.